The fourth-order valence-electron chi connectivity index (χ4n) is 2.20. The number of amidine groups is 1. The molecule has 27 heavy (non-hydrogen) atoms. The first-order valence-electron chi connectivity index (χ1n) is 8.11. The van der Waals surface area contributed by atoms with Gasteiger partial charge >= 0.3 is 5.97 Å². The van der Waals surface area contributed by atoms with Crippen molar-refractivity contribution < 1.29 is 24.2 Å². The smallest absolute Gasteiger partial charge is 0.343 e. The number of esters is 1. The van der Waals surface area contributed by atoms with Crippen molar-refractivity contribution in [2.45, 2.75) is 6.10 Å². The summed E-state index contributed by atoms with van der Waals surface area (Å²) in [5, 5.41) is 20.2. The van der Waals surface area contributed by atoms with Gasteiger partial charge in [0, 0.05) is 17.7 Å². The molecule has 2 rings (SSSR count). The standard InChI is InChI=1S/C19H21N3O5/c1-26-17(24)11-27-15-8-6-12(7-9-15)16(23)10-22-19(25)14-4-2-13(3-5-14)18(20)21/h2-9,16,23H,10-11H2,1H3,(H3,20,21)(H,22,25). The van der Waals surface area contributed by atoms with Crippen LogP contribution in [0.4, 0.5) is 0 Å². The molecule has 0 saturated heterocycles. The molecule has 0 heterocycles. The molecular formula is C19H21N3O5. The summed E-state index contributed by atoms with van der Waals surface area (Å²) in [4.78, 5) is 23.2. The third-order valence-electron chi connectivity index (χ3n) is 3.76. The Hall–Kier alpha value is -3.39. The summed E-state index contributed by atoms with van der Waals surface area (Å²) in [6.45, 7) is -0.174. The molecule has 0 aliphatic carbocycles. The highest BCUT2D eigenvalue weighted by atomic mass is 16.6. The summed E-state index contributed by atoms with van der Waals surface area (Å²) in [7, 11) is 1.27. The Morgan fingerprint density at radius 3 is 2.26 bits per heavy atom. The zero-order valence-corrected chi connectivity index (χ0v) is 14.8. The van der Waals surface area contributed by atoms with Crippen LogP contribution < -0.4 is 15.8 Å². The first-order chi connectivity index (χ1) is 12.9. The van der Waals surface area contributed by atoms with Crippen LogP contribution in [-0.4, -0.2) is 43.1 Å². The van der Waals surface area contributed by atoms with Gasteiger partial charge in [0.05, 0.1) is 13.2 Å². The second-order valence-electron chi connectivity index (χ2n) is 5.65. The van der Waals surface area contributed by atoms with Crippen LogP contribution in [0.25, 0.3) is 0 Å². The number of benzene rings is 2. The number of carbonyl (C=O) groups excluding carboxylic acids is 2. The average Bonchev–Trinajstić information content (AvgIpc) is 2.70. The van der Waals surface area contributed by atoms with E-state index in [9.17, 15) is 14.7 Å². The Balaban J connectivity index is 1.87. The zero-order chi connectivity index (χ0) is 19.8. The minimum absolute atomic E-state index is 0.0235. The molecule has 2 aromatic carbocycles. The number of nitrogens with two attached hydrogens (primary N) is 1. The van der Waals surface area contributed by atoms with Gasteiger partial charge in [0.1, 0.15) is 11.6 Å². The van der Waals surface area contributed by atoms with E-state index in [4.69, 9.17) is 15.9 Å². The van der Waals surface area contributed by atoms with Crippen molar-refractivity contribution in [1.82, 2.24) is 5.32 Å². The van der Waals surface area contributed by atoms with Crippen molar-refractivity contribution in [3.05, 3.63) is 65.2 Å². The van der Waals surface area contributed by atoms with E-state index in [-0.39, 0.29) is 24.9 Å². The van der Waals surface area contributed by atoms with Gasteiger partial charge < -0.3 is 25.6 Å². The fraction of sp³-hybridized carbons (Fsp3) is 0.211. The van der Waals surface area contributed by atoms with Gasteiger partial charge in [-0.3, -0.25) is 10.2 Å². The number of carbonyl (C=O) groups is 2. The molecule has 8 nitrogen and oxygen atoms in total. The predicted molar refractivity (Wildman–Crippen MR) is 98.7 cm³/mol. The SMILES string of the molecule is COC(=O)COc1ccc(C(O)CNC(=O)c2ccc(C(=N)N)cc2)cc1. The Morgan fingerprint density at radius 1 is 1.11 bits per heavy atom. The lowest BCUT2D eigenvalue weighted by Crippen LogP contribution is -2.28. The first-order valence-corrected chi connectivity index (χ1v) is 8.11. The highest BCUT2D eigenvalue weighted by Crippen LogP contribution is 2.17. The molecule has 1 unspecified atom stereocenters. The van der Waals surface area contributed by atoms with Crippen molar-refractivity contribution in [1.29, 1.82) is 5.41 Å². The highest BCUT2D eigenvalue weighted by Gasteiger charge is 2.12. The van der Waals surface area contributed by atoms with Gasteiger partial charge in [0.15, 0.2) is 6.61 Å². The van der Waals surface area contributed by atoms with E-state index >= 15 is 0 Å². The van der Waals surface area contributed by atoms with E-state index in [0.717, 1.165) is 0 Å². The molecule has 0 saturated carbocycles. The molecule has 2 aromatic rings. The number of aliphatic hydroxyl groups excluding tert-OH is 1. The molecule has 1 atom stereocenters. The summed E-state index contributed by atoms with van der Waals surface area (Å²) >= 11 is 0. The predicted octanol–water partition coefficient (Wildman–Crippen LogP) is 0.986. The third-order valence-corrected chi connectivity index (χ3v) is 3.76. The van der Waals surface area contributed by atoms with Gasteiger partial charge in [0.2, 0.25) is 0 Å². The van der Waals surface area contributed by atoms with Crippen molar-refractivity contribution in [2.75, 3.05) is 20.3 Å². The molecule has 0 radical (unpaired) electrons. The molecule has 0 aliphatic rings. The summed E-state index contributed by atoms with van der Waals surface area (Å²) in [5.74, 6) is -0.442. The van der Waals surface area contributed by atoms with Gasteiger partial charge in [0.25, 0.3) is 5.91 Å². The maximum Gasteiger partial charge on any atom is 0.343 e. The normalized spacial score (nSPS) is 11.3. The number of nitrogens with one attached hydrogen (secondary N) is 2. The topological polar surface area (TPSA) is 135 Å². The Morgan fingerprint density at radius 2 is 1.70 bits per heavy atom. The van der Waals surface area contributed by atoms with E-state index in [1.54, 1.807) is 48.5 Å². The molecule has 142 valence electrons. The quantitative estimate of drug-likeness (QED) is 0.310. The molecule has 1 amide bonds. The monoisotopic (exact) mass is 371 g/mol. The van der Waals surface area contributed by atoms with E-state index in [2.05, 4.69) is 10.1 Å². The molecule has 0 fully saturated rings. The fourth-order valence-corrected chi connectivity index (χ4v) is 2.20. The van der Waals surface area contributed by atoms with Crippen LogP contribution >= 0.6 is 0 Å². The average molecular weight is 371 g/mol. The van der Waals surface area contributed by atoms with Crippen molar-refractivity contribution >= 4 is 17.7 Å². The number of methoxy groups -OCH3 is 1. The lowest BCUT2D eigenvalue weighted by atomic mass is 10.1. The van der Waals surface area contributed by atoms with Crippen molar-refractivity contribution in [3.63, 3.8) is 0 Å². The summed E-state index contributed by atoms with van der Waals surface area (Å²) in [6, 6.07) is 12.8. The van der Waals surface area contributed by atoms with Crippen LogP contribution in [0.5, 0.6) is 5.75 Å². The summed E-state index contributed by atoms with van der Waals surface area (Å²) < 4.78 is 9.71. The molecule has 8 heteroatoms. The number of ether oxygens (including phenoxy) is 2. The minimum atomic E-state index is -0.903. The second kappa shape index (κ2) is 9.35. The first kappa shape index (κ1) is 19.9. The van der Waals surface area contributed by atoms with E-state index in [1.807, 2.05) is 0 Å². The zero-order valence-electron chi connectivity index (χ0n) is 14.8. The number of nitrogen functional groups attached to an aromatic ring is 1. The van der Waals surface area contributed by atoms with Crippen LogP contribution in [0.3, 0.4) is 0 Å². The van der Waals surface area contributed by atoms with Crippen LogP contribution in [0, 0.1) is 5.41 Å². The van der Waals surface area contributed by atoms with Gasteiger partial charge in [-0.2, -0.15) is 0 Å². The molecular weight excluding hydrogens is 350 g/mol. The summed E-state index contributed by atoms with van der Waals surface area (Å²) in [6.07, 6.45) is -0.903. The van der Waals surface area contributed by atoms with Crippen molar-refractivity contribution in [2.24, 2.45) is 5.73 Å². The molecule has 5 N–H and O–H groups in total. The van der Waals surface area contributed by atoms with Crippen LogP contribution in [0.1, 0.15) is 27.6 Å². The van der Waals surface area contributed by atoms with Gasteiger partial charge in [-0.15, -0.1) is 0 Å². The van der Waals surface area contributed by atoms with E-state index in [1.165, 1.54) is 7.11 Å². The number of rotatable bonds is 8. The lowest BCUT2D eigenvalue weighted by molar-refractivity contribution is -0.142. The van der Waals surface area contributed by atoms with E-state index < -0.39 is 12.1 Å². The Labute approximate surface area is 156 Å². The van der Waals surface area contributed by atoms with Crippen molar-refractivity contribution in [3.8, 4) is 5.75 Å². The molecule has 0 bridgehead atoms. The molecule has 0 aliphatic heterocycles. The van der Waals surface area contributed by atoms with Gasteiger partial charge in [-0.1, -0.05) is 24.3 Å². The van der Waals surface area contributed by atoms with E-state index in [0.29, 0.717) is 22.4 Å². The number of amides is 1. The third kappa shape index (κ3) is 5.82. The highest BCUT2D eigenvalue weighted by molar-refractivity contribution is 5.98. The minimum Gasteiger partial charge on any atom is -0.482 e. The lowest BCUT2D eigenvalue weighted by Gasteiger charge is -2.13. The van der Waals surface area contributed by atoms with Gasteiger partial charge in [-0.25, -0.2) is 4.79 Å². The number of hydrogen-bond donors (Lipinski definition) is 4. The number of aliphatic hydroxyl groups is 1. The largest absolute Gasteiger partial charge is 0.482 e. The summed E-state index contributed by atoms with van der Waals surface area (Å²) in [5.41, 5.74) is 6.89. The van der Waals surface area contributed by atoms with Gasteiger partial charge in [-0.05, 0) is 29.8 Å². The number of hydrogen-bond acceptors (Lipinski definition) is 6. The maximum absolute atomic E-state index is 12.1. The Kier molecular flexibility index (Phi) is 6.90. The maximum atomic E-state index is 12.1. The van der Waals surface area contributed by atoms with Crippen LogP contribution in [0.15, 0.2) is 48.5 Å². The Bertz CT molecular complexity index is 803. The van der Waals surface area contributed by atoms with Crippen LogP contribution in [-0.2, 0) is 9.53 Å². The molecule has 0 spiro atoms. The second-order valence-corrected chi connectivity index (χ2v) is 5.65. The molecule has 0 aromatic heterocycles. The van der Waals surface area contributed by atoms with Crippen LogP contribution in [0.2, 0.25) is 0 Å².